The first kappa shape index (κ1) is 22.5. The Morgan fingerprint density at radius 2 is 1.83 bits per heavy atom. The quantitative estimate of drug-likeness (QED) is 0.728. The van der Waals surface area contributed by atoms with Crippen LogP contribution in [0.1, 0.15) is 51.0 Å². The highest BCUT2D eigenvalue weighted by Crippen LogP contribution is 2.27. The van der Waals surface area contributed by atoms with Crippen LogP contribution < -0.4 is 5.32 Å². The Morgan fingerprint density at radius 3 is 2.37 bits per heavy atom. The van der Waals surface area contributed by atoms with Gasteiger partial charge in [0.1, 0.15) is 11.9 Å². The Labute approximate surface area is 178 Å². The number of carbonyl (C=O) groups is 1. The third-order valence-electron chi connectivity index (χ3n) is 5.52. The predicted octanol–water partition coefficient (Wildman–Crippen LogP) is 2.83. The normalized spacial score (nSPS) is 17.6. The van der Waals surface area contributed by atoms with Crippen LogP contribution in [0.2, 0.25) is 0 Å². The number of aliphatic hydroxyl groups excluding tert-OH is 1. The van der Waals surface area contributed by atoms with Crippen molar-refractivity contribution in [2.45, 2.75) is 50.0 Å². The average Bonchev–Trinajstić information content (AvgIpc) is 3.26. The van der Waals surface area contributed by atoms with Gasteiger partial charge in [-0.05, 0) is 48.1 Å². The van der Waals surface area contributed by atoms with E-state index >= 15 is 0 Å². The van der Waals surface area contributed by atoms with Gasteiger partial charge in [0.05, 0.1) is 17.7 Å². The van der Waals surface area contributed by atoms with Crippen molar-refractivity contribution in [2.75, 3.05) is 19.6 Å². The maximum absolute atomic E-state index is 13.0. The van der Waals surface area contributed by atoms with Crippen molar-refractivity contribution in [1.29, 1.82) is 0 Å². The molecule has 1 unspecified atom stereocenters. The van der Waals surface area contributed by atoms with Crippen molar-refractivity contribution in [1.82, 2.24) is 9.62 Å². The van der Waals surface area contributed by atoms with E-state index in [2.05, 4.69) is 26.1 Å². The highest BCUT2D eigenvalue weighted by Gasteiger charge is 2.32. The van der Waals surface area contributed by atoms with Gasteiger partial charge in [0.15, 0.2) is 0 Å². The lowest BCUT2D eigenvalue weighted by atomic mass is 9.87. The van der Waals surface area contributed by atoms with Crippen molar-refractivity contribution < 1.29 is 22.7 Å². The molecule has 0 aliphatic carbocycles. The Morgan fingerprint density at radius 1 is 1.20 bits per heavy atom. The number of furan rings is 1. The monoisotopic (exact) mass is 434 g/mol. The summed E-state index contributed by atoms with van der Waals surface area (Å²) in [6, 6.07) is 10.4. The fourth-order valence-electron chi connectivity index (χ4n) is 3.56. The molecule has 1 aromatic carbocycles. The molecule has 1 amide bonds. The van der Waals surface area contributed by atoms with Gasteiger partial charge in [-0.15, -0.1) is 0 Å². The molecular weight excluding hydrogens is 404 g/mol. The lowest BCUT2D eigenvalue weighted by Crippen LogP contribution is -2.43. The molecule has 1 atom stereocenters. The number of piperidine rings is 1. The van der Waals surface area contributed by atoms with Gasteiger partial charge in [-0.3, -0.25) is 4.79 Å². The van der Waals surface area contributed by atoms with Crippen molar-refractivity contribution in [3.8, 4) is 0 Å². The zero-order valence-electron chi connectivity index (χ0n) is 17.7. The Kier molecular flexibility index (Phi) is 6.69. The van der Waals surface area contributed by atoms with Crippen LogP contribution in [0.5, 0.6) is 0 Å². The fraction of sp³-hybridized carbons (Fsp3) is 0.500. The number of sulfonamides is 1. The van der Waals surface area contributed by atoms with Crippen LogP contribution in [-0.2, 0) is 20.2 Å². The number of benzene rings is 1. The average molecular weight is 435 g/mol. The summed E-state index contributed by atoms with van der Waals surface area (Å²) in [6.07, 6.45) is 1.46. The molecule has 1 saturated heterocycles. The summed E-state index contributed by atoms with van der Waals surface area (Å²) < 4.78 is 32.5. The number of hydrogen-bond donors (Lipinski definition) is 2. The van der Waals surface area contributed by atoms with Gasteiger partial charge in [0.2, 0.25) is 15.9 Å². The zero-order valence-corrected chi connectivity index (χ0v) is 18.5. The third kappa shape index (κ3) is 5.11. The minimum absolute atomic E-state index is 0.0431. The van der Waals surface area contributed by atoms with Gasteiger partial charge in [-0.25, -0.2) is 8.42 Å². The molecule has 8 heteroatoms. The van der Waals surface area contributed by atoms with E-state index in [9.17, 15) is 18.3 Å². The van der Waals surface area contributed by atoms with Gasteiger partial charge in [-0.2, -0.15) is 4.31 Å². The SMILES string of the molecule is CC(C)(C)c1ccc(S(=O)(=O)N2CCC(C(=O)NCC(O)c3ccco3)CC2)cc1. The van der Waals surface area contributed by atoms with Crippen LogP contribution in [0.25, 0.3) is 0 Å². The van der Waals surface area contributed by atoms with Crippen molar-refractivity contribution >= 4 is 15.9 Å². The maximum Gasteiger partial charge on any atom is 0.243 e. The second-order valence-electron chi connectivity index (χ2n) is 8.73. The first-order valence-corrected chi connectivity index (χ1v) is 11.6. The molecule has 30 heavy (non-hydrogen) atoms. The Balaban J connectivity index is 1.54. The molecule has 0 saturated carbocycles. The number of nitrogens with one attached hydrogen (secondary N) is 1. The molecule has 0 spiro atoms. The molecule has 2 aromatic rings. The van der Waals surface area contributed by atoms with Crippen molar-refractivity contribution in [3.05, 3.63) is 54.0 Å². The minimum Gasteiger partial charge on any atom is -0.467 e. The van der Waals surface area contributed by atoms with E-state index in [-0.39, 0.29) is 28.7 Å². The van der Waals surface area contributed by atoms with Crippen LogP contribution in [0.15, 0.2) is 52.0 Å². The zero-order chi connectivity index (χ0) is 21.9. The van der Waals surface area contributed by atoms with Crippen molar-refractivity contribution in [2.24, 2.45) is 5.92 Å². The molecule has 1 aliphatic heterocycles. The van der Waals surface area contributed by atoms with Gasteiger partial charge < -0.3 is 14.8 Å². The summed E-state index contributed by atoms with van der Waals surface area (Å²) in [5, 5.41) is 12.7. The first-order chi connectivity index (χ1) is 14.1. The number of amides is 1. The van der Waals surface area contributed by atoms with Crippen molar-refractivity contribution in [3.63, 3.8) is 0 Å². The standard InChI is InChI=1S/C22H30N2O5S/c1-22(2,3)17-6-8-18(9-7-17)30(27,28)24-12-10-16(11-13-24)21(26)23-15-19(25)20-5-4-14-29-20/h4-9,14,16,19,25H,10-13,15H2,1-3H3,(H,23,26). The molecule has 1 fully saturated rings. The van der Waals surface area contributed by atoms with E-state index in [1.807, 2.05) is 12.1 Å². The molecule has 2 heterocycles. The molecular formula is C22H30N2O5S. The van der Waals surface area contributed by atoms with E-state index < -0.39 is 16.1 Å². The molecule has 164 valence electrons. The first-order valence-electron chi connectivity index (χ1n) is 10.2. The molecule has 3 rings (SSSR count). The van der Waals surface area contributed by atoms with Gasteiger partial charge in [0, 0.05) is 19.0 Å². The predicted molar refractivity (Wildman–Crippen MR) is 113 cm³/mol. The molecule has 0 bridgehead atoms. The van der Waals surface area contributed by atoms with E-state index in [0.29, 0.717) is 31.7 Å². The topological polar surface area (TPSA) is 99.9 Å². The van der Waals surface area contributed by atoms with Gasteiger partial charge in [-0.1, -0.05) is 32.9 Å². The fourth-order valence-corrected chi connectivity index (χ4v) is 5.03. The lowest BCUT2D eigenvalue weighted by Gasteiger charge is -2.31. The van der Waals surface area contributed by atoms with Crippen LogP contribution in [0.3, 0.4) is 0 Å². The molecule has 2 N–H and O–H groups in total. The third-order valence-corrected chi connectivity index (χ3v) is 7.44. The number of hydrogen-bond acceptors (Lipinski definition) is 5. The number of carbonyl (C=O) groups excluding carboxylic acids is 1. The van der Waals surface area contributed by atoms with E-state index in [1.165, 1.54) is 10.6 Å². The second kappa shape index (κ2) is 8.91. The molecule has 1 aliphatic rings. The van der Waals surface area contributed by atoms with Crippen LogP contribution in [0, 0.1) is 5.92 Å². The van der Waals surface area contributed by atoms with Crippen LogP contribution in [0.4, 0.5) is 0 Å². The van der Waals surface area contributed by atoms with E-state index in [1.54, 1.807) is 24.3 Å². The summed E-state index contributed by atoms with van der Waals surface area (Å²) in [4.78, 5) is 12.7. The summed E-state index contributed by atoms with van der Waals surface area (Å²) >= 11 is 0. The summed E-state index contributed by atoms with van der Waals surface area (Å²) in [5.41, 5.74) is 1.03. The van der Waals surface area contributed by atoms with Gasteiger partial charge in [0.25, 0.3) is 0 Å². The lowest BCUT2D eigenvalue weighted by molar-refractivity contribution is -0.126. The van der Waals surface area contributed by atoms with Crippen LogP contribution in [-0.4, -0.2) is 43.4 Å². The second-order valence-corrected chi connectivity index (χ2v) is 10.7. The van der Waals surface area contributed by atoms with E-state index in [0.717, 1.165) is 5.56 Å². The smallest absolute Gasteiger partial charge is 0.243 e. The number of rotatable bonds is 6. The minimum atomic E-state index is -3.58. The largest absolute Gasteiger partial charge is 0.467 e. The number of aliphatic hydroxyl groups is 1. The highest BCUT2D eigenvalue weighted by atomic mass is 32.2. The molecule has 7 nitrogen and oxygen atoms in total. The van der Waals surface area contributed by atoms with Crippen LogP contribution >= 0.6 is 0 Å². The maximum atomic E-state index is 13.0. The molecule has 1 aromatic heterocycles. The van der Waals surface area contributed by atoms with E-state index in [4.69, 9.17) is 4.42 Å². The highest BCUT2D eigenvalue weighted by molar-refractivity contribution is 7.89. The molecule has 0 radical (unpaired) electrons. The summed E-state index contributed by atoms with van der Waals surface area (Å²) in [7, 11) is -3.58. The Bertz CT molecular complexity index is 938. The van der Waals surface area contributed by atoms with Gasteiger partial charge >= 0.3 is 0 Å². The summed E-state index contributed by atoms with van der Waals surface area (Å²) in [5.74, 6) is -0.0515. The Hall–Kier alpha value is -2.16. The number of nitrogens with zero attached hydrogens (tertiary/aromatic N) is 1. The summed E-state index contributed by atoms with van der Waals surface area (Å²) in [6.45, 7) is 6.90.